The quantitative estimate of drug-likeness (QED) is 0.223. The SMILES string of the molecule is CCCCCCCCCCCCCCCOC(=O)c1ccc(N)cc1. The summed E-state index contributed by atoms with van der Waals surface area (Å²) in [5, 5.41) is 0. The molecule has 2 N–H and O–H groups in total. The van der Waals surface area contributed by atoms with E-state index in [1.165, 1.54) is 70.6 Å². The van der Waals surface area contributed by atoms with Gasteiger partial charge < -0.3 is 10.5 Å². The van der Waals surface area contributed by atoms with E-state index in [9.17, 15) is 4.79 Å². The third kappa shape index (κ3) is 11.6. The minimum absolute atomic E-state index is 0.251. The fraction of sp³-hybridized carbons (Fsp3) is 0.682. The Bertz CT molecular complexity index is 442. The molecule has 0 bridgehead atoms. The predicted molar refractivity (Wildman–Crippen MR) is 107 cm³/mol. The number of nitrogens with two attached hydrogens (primary N) is 1. The fourth-order valence-electron chi connectivity index (χ4n) is 2.99. The Kier molecular flexibility index (Phi) is 12.7. The highest BCUT2D eigenvalue weighted by Crippen LogP contribution is 2.13. The number of rotatable bonds is 15. The molecule has 0 saturated carbocycles. The molecule has 0 heterocycles. The number of ether oxygens (including phenoxy) is 1. The molecule has 0 saturated heterocycles. The molecule has 0 aliphatic carbocycles. The van der Waals surface area contributed by atoms with Crippen LogP contribution in [0.15, 0.2) is 24.3 Å². The van der Waals surface area contributed by atoms with Crippen LogP contribution < -0.4 is 5.73 Å². The fourth-order valence-corrected chi connectivity index (χ4v) is 2.99. The summed E-state index contributed by atoms with van der Waals surface area (Å²) in [6.07, 6.45) is 17.2. The predicted octanol–water partition coefficient (Wildman–Crippen LogP) is 6.52. The van der Waals surface area contributed by atoms with Crippen LogP contribution in [0, 0.1) is 0 Å². The van der Waals surface area contributed by atoms with E-state index in [2.05, 4.69) is 6.92 Å². The van der Waals surface area contributed by atoms with Gasteiger partial charge in [-0.15, -0.1) is 0 Å². The summed E-state index contributed by atoms with van der Waals surface area (Å²) < 4.78 is 5.29. The van der Waals surface area contributed by atoms with Crippen molar-refractivity contribution in [1.29, 1.82) is 0 Å². The summed E-state index contributed by atoms with van der Waals surface area (Å²) in [6.45, 7) is 2.78. The molecule has 0 aliphatic rings. The molecule has 142 valence electrons. The Morgan fingerprint density at radius 2 is 1.20 bits per heavy atom. The summed E-state index contributed by atoms with van der Waals surface area (Å²) >= 11 is 0. The molecule has 0 amide bonds. The van der Waals surface area contributed by atoms with Crippen LogP contribution in [-0.2, 0) is 4.74 Å². The number of benzene rings is 1. The first-order valence-corrected chi connectivity index (χ1v) is 10.3. The highest BCUT2D eigenvalue weighted by Gasteiger charge is 2.05. The molecule has 0 fully saturated rings. The first-order valence-electron chi connectivity index (χ1n) is 10.3. The van der Waals surface area contributed by atoms with Crippen molar-refractivity contribution in [3.63, 3.8) is 0 Å². The number of nitrogen functional groups attached to an aromatic ring is 1. The maximum Gasteiger partial charge on any atom is 0.338 e. The lowest BCUT2D eigenvalue weighted by Crippen LogP contribution is -2.06. The van der Waals surface area contributed by atoms with Crippen molar-refractivity contribution in [1.82, 2.24) is 0 Å². The van der Waals surface area contributed by atoms with Gasteiger partial charge in [0.05, 0.1) is 12.2 Å². The molecule has 1 aromatic rings. The Balaban J connectivity index is 1.84. The van der Waals surface area contributed by atoms with Gasteiger partial charge in [-0.05, 0) is 30.7 Å². The van der Waals surface area contributed by atoms with E-state index in [0.717, 1.165) is 12.8 Å². The zero-order chi connectivity index (χ0) is 18.2. The van der Waals surface area contributed by atoms with Gasteiger partial charge in [0.25, 0.3) is 0 Å². The number of carbonyl (C=O) groups is 1. The maximum absolute atomic E-state index is 11.8. The largest absolute Gasteiger partial charge is 0.462 e. The molecule has 0 radical (unpaired) electrons. The molecular formula is C22H37NO2. The molecule has 0 aliphatic heterocycles. The first-order chi connectivity index (χ1) is 12.2. The second kappa shape index (κ2) is 14.8. The molecule has 0 atom stereocenters. The van der Waals surface area contributed by atoms with Crippen LogP contribution in [0.2, 0.25) is 0 Å². The zero-order valence-electron chi connectivity index (χ0n) is 16.1. The van der Waals surface area contributed by atoms with Gasteiger partial charge in [0.15, 0.2) is 0 Å². The van der Waals surface area contributed by atoms with Gasteiger partial charge in [-0.25, -0.2) is 4.79 Å². The van der Waals surface area contributed by atoms with Crippen LogP contribution in [0.25, 0.3) is 0 Å². The molecule has 1 rings (SSSR count). The lowest BCUT2D eigenvalue weighted by atomic mass is 10.0. The number of carbonyl (C=O) groups excluding carboxylic acids is 1. The van der Waals surface area contributed by atoms with Crippen molar-refractivity contribution < 1.29 is 9.53 Å². The van der Waals surface area contributed by atoms with E-state index in [4.69, 9.17) is 10.5 Å². The smallest absolute Gasteiger partial charge is 0.338 e. The normalized spacial score (nSPS) is 10.8. The van der Waals surface area contributed by atoms with Gasteiger partial charge in [0.1, 0.15) is 0 Å². The molecular weight excluding hydrogens is 310 g/mol. The van der Waals surface area contributed by atoms with Crippen molar-refractivity contribution in [2.45, 2.75) is 90.4 Å². The van der Waals surface area contributed by atoms with Gasteiger partial charge in [-0.2, -0.15) is 0 Å². The second-order valence-corrected chi connectivity index (χ2v) is 7.00. The van der Waals surface area contributed by atoms with E-state index < -0.39 is 0 Å². The molecule has 3 nitrogen and oxygen atoms in total. The third-order valence-electron chi connectivity index (χ3n) is 4.63. The molecule has 1 aromatic carbocycles. The standard InChI is InChI=1S/C22H37NO2/c1-2-3-4-5-6-7-8-9-10-11-12-13-14-19-25-22(24)20-15-17-21(23)18-16-20/h15-18H,2-14,19,23H2,1H3. The Morgan fingerprint density at radius 1 is 0.760 bits per heavy atom. The first kappa shape index (κ1) is 21.5. The highest BCUT2D eigenvalue weighted by molar-refractivity contribution is 5.89. The Labute approximate surface area is 154 Å². The average molecular weight is 348 g/mol. The van der Waals surface area contributed by atoms with Crippen molar-refractivity contribution >= 4 is 11.7 Å². The lowest BCUT2D eigenvalue weighted by molar-refractivity contribution is 0.0497. The number of hydrogen-bond donors (Lipinski definition) is 1. The van der Waals surface area contributed by atoms with Crippen molar-refractivity contribution in [3.8, 4) is 0 Å². The minimum Gasteiger partial charge on any atom is -0.462 e. The van der Waals surface area contributed by atoms with Crippen LogP contribution in [0.1, 0.15) is 101 Å². The van der Waals surface area contributed by atoms with Crippen molar-refractivity contribution in [2.24, 2.45) is 0 Å². The summed E-state index contributed by atoms with van der Waals surface area (Å²) in [5.41, 5.74) is 6.84. The Hall–Kier alpha value is -1.51. The van der Waals surface area contributed by atoms with Gasteiger partial charge in [0, 0.05) is 5.69 Å². The monoisotopic (exact) mass is 347 g/mol. The van der Waals surface area contributed by atoms with E-state index >= 15 is 0 Å². The summed E-state index contributed by atoms with van der Waals surface area (Å²) in [7, 11) is 0. The van der Waals surface area contributed by atoms with Crippen LogP contribution >= 0.6 is 0 Å². The number of hydrogen-bond acceptors (Lipinski definition) is 3. The van der Waals surface area contributed by atoms with Crippen LogP contribution in [0.3, 0.4) is 0 Å². The van der Waals surface area contributed by atoms with Crippen molar-refractivity contribution in [2.75, 3.05) is 12.3 Å². The van der Waals surface area contributed by atoms with Gasteiger partial charge in [-0.1, -0.05) is 84.0 Å². The van der Waals surface area contributed by atoms with E-state index in [1.54, 1.807) is 24.3 Å². The van der Waals surface area contributed by atoms with Gasteiger partial charge in [0.2, 0.25) is 0 Å². The molecule has 0 unspecified atom stereocenters. The molecule has 25 heavy (non-hydrogen) atoms. The second-order valence-electron chi connectivity index (χ2n) is 7.00. The van der Waals surface area contributed by atoms with Crippen LogP contribution in [-0.4, -0.2) is 12.6 Å². The lowest BCUT2D eigenvalue weighted by Gasteiger charge is -2.05. The average Bonchev–Trinajstić information content (AvgIpc) is 2.62. The topological polar surface area (TPSA) is 52.3 Å². The third-order valence-corrected chi connectivity index (χ3v) is 4.63. The summed E-state index contributed by atoms with van der Waals surface area (Å²) in [5.74, 6) is -0.251. The molecule has 3 heteroatoms. The van der Waals surface area contributed by atoms with Crippen LogP contribution in [0.5, 0.6) is 0 Å². The summed E-state index contributed by atoms with van der Waals surface area (Å²) in [6, 6.07) is 6.87. The molecule has 0 spiro atoms. The zero-order valence-corrected chi connectivity index (χ0v) is 16.1. The van der Waals surface area contributed by atoms with E-state index in [-0.39, 0.29) is 5.97 Å². The minimum atomic E-state index is -0.251. The van der Waals surface area contributed by atoms with Crippen molar-refractivity contribution in [3.05, 3.63) is 29.8 Å². The van der Waals surface area contributed by atoms with E-state index in [0.29, 0.717) is 17.9 Å². The maximum atomic E-state index is 11.8. The number of unbranched alkanes of at least 4 members (excludes halogenated alkanes) is 12. The van der Waals surface area contributed by atoms with Gasteiger partial charge in [-0.3, -0.25) is 0 Å². The highest BCUT2D eigenvalue weighted by atomic mass is 16.5. The summed E-state index contributed by atoms with van der Waals surface area (Å²) in [4.78, 5) is 11.8. The number of esters is 1. The van der Waals surface area contributed by atoms with E-state index in [1.807, 2.05) is 0 Å². The van der Waals surface area contributed by atoms with Crippen LogP contribution in [0.4, 0.5) is 5.69 Å². The Morgan fingerprint density at radius 3 is 1.68 bits per heavy atom. The molecule has 0 aromatic heterocycles. The number of anilines is 1. The van der Waals surface area contributed by atoms with Gasteiger partial charge >= 0.3 is 5.97 Å².